The first-order valence-electron chi connectivity index (χ1n) is 4.13. The average Bonchev–Trinajstić information content (AvgIpc) is 2.14. The molecule has 1 aromatic carbocycles. The zero-order valence-electron chi connectivity index (χ0n) is 7.74. The highest BCUT2D eigenvalue weighted by molar-refractivity contribution is 7.81. The number of rotatable bonds is 2. The molecule has 0 aliphatic heterocycles. The largest absolute Gasteiger partial charge is 0.716 e. The summed E-state index contributed by atoms with van der Waals surface area (Å²) in [4.78, 5) is 10.9. The molecule has 0 saturated heterocycles. The Hall–Kier alpha value is -1.86. The molecule has 1 aromatic heterocycles. The van der Waals surface area contributed by atoms with Crippen molar-refractivity contribution in [2.75, 3.05) is 0 Å². The molecular weight excluding hydrogens is 236 g/mol. The van der Waals surface area contributed by atoms with Gasteiger partial charge in [0.25, 0.3) is 10.4 Å². The van der Waals surface area contributed by atoms with Gasteiger partial charge in [0.15, 0.2) is 0 Å². The SMILES string of the molecule is O=c1ccc2ccc(OS(=O)(=O)[O-])cc2o1. The molecule has 16 heavy (non-hydrogen) atoms. The van der Waals surface area contributed by atoms with Crippen LogP contribution in [0.1, 0.15) is 0 Å². The van der Waals surface area contributed by atoms with E-state index in [-0.39, 0.29) is 11.3 Å². The quantitative estimate of drug-likeness (QED) is 0.434. The topological polar surface area (TPSA) is 96.6 Å². The summed E-state index contributed by atoms with van der Waals surface area (Å²) in [5.41, 5.74) is -0.428. The molecule has 0 aliphatic rings. The Morgan fingerprint density at radius 2 is 1.88 bits per heavy atom. The van der Waals surface area contributed by atoms with Gasteiger partial charge < -0.3 is 13.2 Å². The van der Waals surface area contributed by atoms with E-state index >= 15 is 0 Å². The molecule has 6 nitrogen and oxygen atoms in total. The normalized spacial score (nSPS) is 11.6. The van der Waals surface area contributed by atoms with Gasteiger partial charge in [0, 0.05) is 17.5 Å². The van der Waals surface area contributed by atoms with Crippen LogP contribution in [0.25, 0.3) is 11.0 Å². The Labute approximate surface area is 90.0 Å². The second kappa shape index (κ2) is 3.62. The number of benzene rings is 1. The minimum atomic E-state index is -4.83. The lowest BCUT2D eigenvalue weighted by molar-refractivity contribution is 0.372. The van der Waals surface area contributed by atoms with Crippen LogP contribution >= 0.6 is 0 Å². The molecule has 2 aromatic rings. The summed E-state index contributed by atoms with van der Waals surface area (Å²) in [5, 5.41) is 0.593. The molecule has 0 amide bonds. The monoisotopic (exact) mass is 241 g/mol. The highest BCUT2D eigenvalue weighted by Gasteiger charge is 2.02. The molecule has 2 rings (SSSR count). The minimum Gasteiger partial charge on any atom is -0.716 e. The van der Waals surface area contributed by atoms with Crippen molar-refractivity contribution in [3.63, 3.8) is 0 Å². The van der Waals surface area contributed by atoms with Gasteiger partial charge in [-0.2, -0.15) is 0 Å². The lowest BCUT2D eigenvalue weighted by atomic mass is 10.2. The van der Waals surface area contributed by atoms with Crippen LogP contribution in [0.2, 0.25) is 0 Å². The zero-order valence-corrected chi connectivity index (χ0v) is 8.56. The van der Waals surface area contributed by atoms with Crippen LogP contribution in [0.15, 0.2) is 39.5 Å². The standard InChI is InChI=1S/C9H6O6S/c10-9-4-2-6-1-3-7(5-8(6)14-9)15-16(11,12)13/h1-5H,(H,11,12,13)/p-1. The van der Waals surface area contributed by atoms with Crippen LogP contribution < -0.4 is 9.81 Å². The Morgan fingerprint density at radius 1 is 1.19 bits per heavy atom. The van der Waals surface area contributed by atoms with Crippen molar-refractivity contribution in [2.24, 2.45) is 0 Å². The van der Waals surface area contributed by atoms with E-state index in [2.05, 4.69) is 4.18 Å². The van der Waals surface area contributed by atoms with E-state index in [9.17, 15) is 17.8 Å². The molecule has 84 valence electrons. The summed E-state index contributed by atoms with van der Waals surface area (Å²) >= 11 is 0. The third-order valence-corrected chi connectivity index (χ3v) is 2.19. The Balaban J connectivity index is 2.55. The minimum absolute atomic E-state index is 0.147. The molecule has 0 fully saturated rings. The number of hydrogen-bond donors (Lipinski definition) is 0. The third kappa shape index (κ3) is 2.38. The third-order valence-electron chi connectivity index (χ3n) is 1.79. The van der Waals surface area contributed by atoms with Crippen LogP contribution in [-0.2, 0) is 10.4 Å². The summed E-state index contributed by atoms with van der Waals surface area (Å²) < 4.78 is 39.9. The molecule has 0 atom stereocenters. The Morgan fingerprint density at radius 3 is 2.56 bits per heavy atom. The highest BCUT2D eigenvalue weighted by Crippen LogP contribution is 2.20. The lowest BCUT2D eigenvalue weighted by Gasteiger charge is -2.08. The van der Waals surface area contributed by atoms with Crippen LogP contribution in [0.5, 0.6) is 5.75 Å². The highest BCUT2D eigenvalue weighted by atomic mass is 32.3. The molecule has 0 unspecified atom stereocenters. The fraction of sp³-hybridized carbons (Fsp3) is 0. The van der Waals surface area contributed by atoms with Crippen molar-refractivity contribution in [1.82, 2.24) is 0 Å². The predicted octanol–water partition coefficient (Wildman–Crippen LogP) is 0.632. The van der Waals surface area contributed by atoms with Gasteiger partial charge in [0.2, 0.25) is 0 Å². The lowest BCUT2D eigenvalue weighted by Crippen LogP contribution is -2.07. The maximum Gasteiger partial charge on any atom is 0.336 e. The van der Waals surface area contributed by atoms with Crippen molar-refractivity contribution in [3.05, 3.63) is 40.8 Å². The van der Waals surface area contributed by atoms with E-state index < -0.39 is 16.0 Å². The van der Waals surface area contributed by atoms with Gasteiger partial charge in [-0.1, -0.05) is 0 Å². The fourth-order valence-electron chi connectivity index (χ4n) is 1.21. The van der Waals surface area contributed by atoms with Crippen molar-refractivity contribution < 1.29 is 21.6 Å². The molecule has 0 saturated carbocycles. The zero-order chi connectivity index (χ0) is 11.8. The first-order valence-corrected chi connectivity index (χ1v) is 5.47. The number of fused-ring (bicyclic) bond motifs is 1. The summed E-state index contributed by atoms with van der Waals surface area (Å²) in [6, 6.07) is 6.66. The Bertz CT molecular complexity index is 684. The van der Waals surface area contributed by atoms with Gasteiger partial charge in [-0.05, 0) is 18.2 Å². The molecule has 1 heterocycles. The average molecular weight is 241 g/mol. The smallest absolute Gasteiger partial charge is 0.336 e. The van der Waals surface area contributed by atoms with Crippen molar-refractivity contribution >= 4 is 21.4 Å². The van der Waals surface area contributed by atoms with Crippen molar-refractivity contribution in [3.8, 4) is 5.75 Å². The van der Waals surface area contributed by atoms with Crippen molar-refractivity contribution in [1.29, 1.82) is 0 Å². The van der Waals surface area contributed by atoms with Gasteiger partial charge >= 0.3 is 5.63 Å². The van der Waals surface area contributed by atoms with Crippen LogP contribution in [-0.4, -0.2) is 13.0 Å². The first kappa shape index (κ1) is 10.7. The van der Waals surface area contributed by atoms with E-state index in [1.807, 2.05) is 0 Å². The van der Waals surface area contributed by atoms with Gasteiger partial charge in [0.1, 0.15) is 11.3 Å². The summed E-state index contributed by atoms with van der Waals surface area (Å²) in [6.07, 6.45) is 0. The van der Waals surface area contributed by atoms with Crippen LogP contribution in [0, 0.1) is 0 Å². The summed E-state index contributed by atoms with van der Waals surface area (Å²) in [7, 11) is -4.83. The van der Waals surface area contributed by atoms with E-state index in [0.717, 1.165) is 6.07 Å². The molecule has 0 spiro atoms. The molecule has 0 bridgehead atoms. The maximum atomic E-state index is 10.9. The molecule has 0 aliphatic carbocycles. The second-order valence-corrected chi connectivity index (χ2v) is 3.93. The molecule has 7 heteroatoms. The van der Waals surface area contributed by atoms with Gasteiger partial charge in [-0.15, -0.1) is 0 Å². The van der Waals surface area contributed by atoms with Gasteiger partial charge in [0.05, 0.1) is 0 Å². The maximum absolute atomic E-state index is 10.9. The first-order chi connectivity index (χ1) is 7.44. The summed E-state index contributed by atoms with van der Waals surface area (Å²) in [6.45, 7) is 0. The van der Waals surface area contributed by atoms with E-state index in [0.29, 0.717) is 5.39 Å². The van der Waals surface area contributed by atoms with Gasteiger partial charge in [-0.25, -0.2) is 13.2 Å². The molecule has 0 N–H and O–H groups in total. The Kier molecular flexibility index (Phi) is 2.41. The summed E-state index contributed by atoms with van der Waals surface area (Å²) in [5.74, 6) is -0.197. The predicted molar refractivity (Wildman–Crippen MR) is 52.8 cm³/mol. The van der Waals surface area contributed by atoms with Crippen LogP contribution in [0.4, 0.5) is 0 Å². The van der Waals surface area contributed by atoms with Crippen LogP contribution in [0.3, 0.4) is 0 Å². The van der Waals surface area contributed by atoms with Crippen molar-refractivity contribution in [2.45, 2.75) is 0 Å². The second-order valence-electron chi connectivity index (χ2n) is 2.95. The molecule has 0 radical (unpaired) electrons. The fourth-order valence-corrected chi connectivity index (χ4v) is 1.55. The van der Waals surface area contributed by atoms with E-state index in [1.54, 1.807) is 0 Å². The van der Waals surface area contributed by atoms with E-state index in [4.69, 9.17) is 4.42 Å². The van der Waals surface area contributed by atoms with E-state index in [1.165, 1.54) is 24.3 Å². The molecular formula is C9H5O6S-. The van der Waals surface area contributed by atoms with Gasteiger partial charge in [-0.3, -0.25) is 0 Å². The number of hydrogen-bond acceptors (Lipinski definition) is 6.